The van der Waals surface area contributed by atoms with E-state index < -0.39 is 10.0 Å². The normalized spacial score (nSPS) is 15.5. The highest BCUT2D eigenvalue weighted by molar-refractivity contribution is 7.89. The predicted octanol–water partition coefficient (Wildman–Crippen LogP) is 3.68. The second kappa shape index (κ2) is 8.69. The highest BCUT2D eigenvalue weighted by Gasteiger charge is 2.32. The van der Waals surface area contributed by atoms with Gasteiger partial charge in [-0.1, -0.05) is 35.3 Å². The Balaban J connectivity index is 1.74. The molecule has 0 unspecified atom stereocenters. The lowest BCUT2D eigenvalue weighted by atomic mass is 10.2. The van der Waals surface area contributed by atoms with E-state index in [-0.39, 0.29) is 34.0 Å². The number of hydrogen-bond donors (Lipinski definition) is 0. The molecule has 3 rings (SSSR count). The van der Waals surface area contributed by atoms with Gasteiger partial charge in [0.05, 0.1) is 22.2 Å². The lowest BCUT2D eigenvalue weighted by Crippen LogP contribution is -2.48. The number of rotatable bonds is 5. The molecule has 2 aromatic rings. The maximum atomic E-state index is 13.0. The monoisotopic (exact) mass is 442 g/mol. The van der Waals surface area contributed by atoms with Crippen molar-refractivity contribution in [1.82, 2.24) is 4.31 Å². The van der Waals surface area contributed by atoms with Crippen molar-refractivity contribution in [2.45, 2.75) is 11.8 Å². The molecule has 0 bridgehead atoms. The number of halogens is 2. The molecule has 150 valence electrons. The maximum absolute atomic E-state index is 13.0. The molecule has 2 aromatic carbocycles. The number of benzene rings is 2. The largest absolute Gasteiger partial charge is 0.462 e. The average Bonchev–Trinajstić information content (AvgIpc) is 2.68. The summed E-state index contributed by atoms with van der Waals surface area (Å²) < 4.78 is 32.3. The van der Waals surface area contributed by atoms with E-state index >= 15 is 0 Å². The fourth-order valence-corrected chi connectivity index (χ4v) is 5.60. The van der Waals surface area contributed by atoms with Crippen molar-refractivity contribution in [2.75, 3.05) is 37.7 Å². The SMILES string of the molecule is CCOC(=O)c1cccc(N2CCN(S(=O)(=O)c3c(Cl)cccc3Cl)CC2)c1. The van der Waals surface area contributed by atoms with Gasteiger partial charge in [0.1, 0.15) is 4.90 Å². The van der Waals surface area contributed by atoms with E-state index in [0.29, 0.717) is 25.3 Å². The zero-order chi connectivity index (χ0) is 20.3. The second-order valence-electron chi connectivity index (χ2n) is 6.21. The molecule has 0 atom stereocenters. The van der Waals surface area contributed by atoms with E-state index in [4.69, 9.17) is 27.9 Å². The van der Waals surface area contributed by atoms with Crippen LogP contribution in [-0.2, 0) is 14.8 Å². The molecule has 1 aliphatic rings. The summed E-state index contributed by atoms with van der Waals surface area (Å²) in [6.07, 6.45) is 0. The van der Waals surface area contributed by atoms with Gasteiger partial charge in [-0.25, -0.2) is 13.2 Å². The van der Waals surface area contributed by atoms with Gasteiger partial charge in [0.15, 0.2) is 0 Å². The topological polar surface area (TPSA) is 66.9 Å². The molecule has 1 heterocycles. The van der Waals surface area contributed by atoms with Crippen LogP contribution in [0.5, 0.6) is 0 Å². The molecule has 0 N–H and O–H groups in total. The summed E-state index contributed by atoms with van der Waals surface area (Å²) in [4.78, 5) is 13.9. The Hall–Kier alpha value is -1.80. The number of sulfonamides is 1. The zero-order valence-electron chi connectivity index (χ0n) is 15.3. The molecule has 9 heteroatoms. The van der Waals surface area contributed by atoms with E-state index in [1.165, 1.54) is 16.4 Å². The van der Waals surface area contributed by atoms with E-state index in [1.807, 2.05) is 11.0 Å². The van der Waals surface area contributed by atoms with Crippen molar-refractivity contribution in [3.63, 3.8) is 0 Å². The second-order valence-corrected chi connectivity index (χ2v) is 8.90. The lowest BCUT2D eigenvalue weighted by molar-refractivity contribution is 0.0526. The molecular formula is C19H20Cl2N2O4S. The summed E-state index contributed by atoms with van der Waals surface area (Å²) >= 11 is 12.2. The van der Waals surface area contributed by atoms with Crippen molar-refractivity contribution in [3.05, 3.63) is 58.1 Å². The molecular weight excluding hydrogens is 423 g/mol. The third-order valence-corrected chi connectivity index (χ3v) is 7.33. The molecule has 0 spiro atoms. The summed E-state index contributed by atoms with van der Waals surface area (Å²) in [7, 11) is -3.79. The molecule has 0 aromatic heterocycles. The molecule has 1 aliphatic heterocycles. The minimum atomic E-state index is -3.79. The number of piperazine rings is 1. The first-order valence-electron chi connectivity index (χ1n) is 8.81. The minimum absolute atomic E-state index is 0.0592. The Labute approximate surface area is 174 Å². The fourth-order valence-electron chi connectivity index (χ4n) is 3.09. The molecule has 1 saturated heterocycles. The third kappa shape index (κ3) is 4.27. The van der Waals surface area contributed by atoms with Gasteiger partial charge in [0, 0.05) is 31.9 Å². The van der Waals surface area contributed by atoms with Gasteiger partial charge < -0.3 is 9.64 Å². The fraction of sp³-hybridized carbons (Fsp3) is 0.316. The number of hydrogen-bond acceptors (Lipinski definition) is 5. The Kier molecular flexibility index (Phi) is 6.50. The maximum Gasteiger partial charge on any atom is 0.338 e. The standard InChI is InChI=1S/C19H20Cl2N2O4S/c1-2-27-19(24)14-5-3-6-15(13-14)22-9-11-23(12-10-22)28(25,26)18-16(20)7-4-8-17(18)21/h3-8,13H,2,9-12H2,1H3. The van der Waals surface area contributed by atoms with E-state index in [2.05, 4.69) is 0 Å². The van der Waals surface area contributed by atoms with E-state index in [1.54, 1.807) is 31.2 Å². The van der Waals surface area contributed by atoms with Gasteiger partial charge >= 0.3 is 5.97 Å². The zero-order valence-corrected chi connectivity index (χ0v) is 17.6. The summed E-state index contributed by atoms with van der Waals surface area (Å²) in [5.41, 5.74) is 1.32. The summed E-state index contributed by atoms with van der Waals surface area (Å²) in [5.74, 6) is -0.376. The van der Waals surface area contributed by atoms with Crippen molar-refractivity contribution >= 4 is 44.9 Å². The van der Waals surface area contributed by atoms with Crippen LogP contribution in [0.1, 0.15) is 17.3 Å². The average molecular weight is 443 g/mol. The minimum Gasteiger partial charge on any atom is -0.462 e. The number of carbonyl (C=O) groups excluding carboxylic acids is 1. The van der Waals surface area contributed by atoms with Crippen LogP contribution in [-0.4, -0.2) is 51.5 Å². The van der Waals surface area contributed by atoms with Gasteiger partial charge in [0.25, 0.3) is 0 Å². The van der Waals surface area contributed by atoms with E-state index in [0.717, 1.165) is 5.69 Å². The van der Waals surface area contributed by atoms with Crippen LogP contribution < -0.4 is 4.90 Å². The first-order valence-corrected chi connectivity index (χ1v) is 11.0. The highest BCUT2D eigenvalue weighted by atomic mass is 35.5. The van der Waals surface area contributed by atoms with Crippen LogP contribution >= 0.6 is 23.2 Å². The van der Waals surface area contributed by atoms with Crippen LogP contribution in [0.4, 0.5) is 5.69 Å². The Morgan fingerprint density at radius 2 is 1.64 bits per heavy atom. The number of nitrogens with zero attached hydrogens (tertiary/aromatic N) is 2. The number of ether oxygens (including phenoxy) is 1. The number of carbonyl (C=O) groups is 1. The predicted molar refractivity (Wildman–Crippen MR) is 110 cm³/mol. The highest BCUT2D eigenvalue weighted by Crippen LogP contribution is 2.32. The first-order chi connectivity index (χ1) is 13.3. The quantitative estimate of drug-likeness (QED) is 0.660. The van der Waals surface area contributed by atoms with Crippen LogP contribution in [0, 0.1) is 0 Å². The Morgan fingerprint density at radius 1 is 1.04 bits per heavy atom. The first kappa shape index (κ1) is 20.9. The summed E-state index contributed by atoms with van der Waals surface area (Å²) in [6.45, 7) is 3.60. The Morgan fingerprint density at radius 3 is 2.25 bits per heavy atom. The van der Waals surface area contributed by atoms with Gasteiger partial charge in [0.2, 0.25) is 10.0 Å². The lowest BCUT2D eigenvalue weighted by Gasteiger charge is -2.35. The van der Waals surface area contributed by atoms with Crippen molar-refractivity contribution in [1.29, 1.82) is 0 Å². The summed E-state index contributed by atoms with van der Waals surface area (Å²) in [6, 6.07) is 11.8. The van der Waals surface area contributed by atoms with E-state index in [9.17, 15) is 13.2 Å². The van der Waals surface area contributed by atoms with Crippen LogP contribution in [0.25, 0.3) is 0 Å². The molecule has 6 nitrogen and oxygen atoms in total. The third-order valence-electron chi connectivity index (χ3n) is 4.48. The van der Waals surface area contributed by atoms with Crippen molar-refractivity contribution in [3.8, 4) is 0 Å². The molecule has 0 amide bonds. The molecule has 28 heavy (non-hydrogen) atoms. The number of anilines is 1. The molecule has 0 radical (unpaired) electrons. The van der Waals surface area contributed by atoms with Crippen LogP contribution in [0.15, 0.2) is 47.4 Å². The molecule has 0 saturated carbocycles. The smallest absolute Gasteiger partial charge is 0.338 e. The summed E-state index contributed by atoms with van der Waals surface area (Å²) in [5, 5.41) is 0.217. The van der Waals surface area contributed by atoms with Gasteiger partial charge in [-0.3, -0.25) is 0 Å². The number of esters is 1. The Bertz CT molecular complexity index is 953. The van der Waals surface area contributed by atoms with Gasteiger partial charge in [-0.2, -0.15) is 4.31 Å². The molecule has 0 aliphatic carbocycles. The van der Waals surface area contributed by atoms with Crippen LogP contribution in [0.3, 0.4) is 0 Å². The van der Waals surface area contributed by atoms with Gasteiger partial charge in [-0.15, -0.1) is 0 Å². The van der Waals surface area contributed by atoms with Crippen LogP contribution in [0.2, 0.25) is 10.0 Å². The van der Waals surface area contributed by atoms with Crippen molar-refractivity contribution in [2.24, 2.45) is 0 Å². The van der Waals surface area contributed by atoms with Crippen molar-refractivity contribution < 1.29 is 17.9 Å². The van der Waals surface area contributed by atoms with Gasteiger partial charge in [-0.05, 0) is 37.3 Å². The molecule has 1 fully saturated rings.